The number of hydrogen-bond acceptors (Lipinski definition) is 4. The van der Waals surface area contributed by atoms with Crippen molar-refractivity contribution in [2.24, 2.45) is 0 Å². The Morgan fingerprint density at radius 1 is 0.902 bits per heavy atom. The Kier molecular flexibility index (Phi) is 10.6. The van der Waals surface area contributed by atoms with Crippen LogP contribution in [-0.2, 0) is 38.8 Å². The first kappa shape index (κ1) is 32.5. The van der Waals surface area contributed by atoms with Gasteiger partial charge in [-0.2, -0.15) is 13.2 Å². The Bertz CT molecular complexity index is 1520. The molecule has 0 unspecified atom stereocenters. The van der Waals surface area contributed by atoms with Crippen molar-refractivity contribution in [1.29, 1.82) is 0 Å². The van der Waals surface area contributed by atoms with E-state index < -0.39 is 56.9 Å². The third kappa shape index (κ3) is 8.51. The Morgan fingerprint density at radius 3 is 2.10 bits per heavy atom. The first-order valence-electron chi connectivity index (χ1n) is 11.9. The minimum absolute atomic E-state index is 0.0611. The highest BCUT2D eigenvalue weighted by molar-refractivity contribution is 7.92. The molecular formula is C27H25Cl3F3N3O4S. The molecule has 3 aromatic rings. The van der Waals surface area contributed by atoms with Gasteiger partial charge in [0.2, 0.25) is 21.8 Å². The Hall–Kier alpha value is -2.99. The van der Waals surface area contributed by atoms with E-state index in [9.17, 15) is 31.2 Å². The zero-order valence-electron chi connectivity index (χ0n) is 21.8. The molecule has 0 bridgehead atoms. The molecule has 0 saturated carbocycles. The highest BCUT2D eigenvalue weighted by Crippen LogP contribution is 2.37. The average Bonchev–Trinajstić information content (AvgIpc) is 2.90. The van der Waals surface area contributed by atoms with Crippen LogP contribution in [0.15, 0.2) is 66.7 Å². The normalized spacial score (nSPS) is 12.5. The van der Waals surface area contributed by atoms with Gasteiger partial charge in [-0.3, -0.25) is 13.9 Å². The molecule has 0 saturated heterocycles. The zero-order chi connectivity index (χ0) is 30.5. The number of halogens is 6. The van der Waals surface area contributed by atoms with Gasteiger partial charge in [-0.05, 0) is 41.5 Å². The molecule has 220 valence electrons. The number of likely N-dealkylation sites (N-methyl/N-ethyl adjacent to an activating group) is 1. The van der Waals surface area contributed by atoms with Gasteiger partial charge in [0.15, 0.2) is 0 Å². The lowest BCUT2D eigenvalue weighted by atomic mass is 10.0. The molecule has 41 heavy (non-hydrogen) atoms. The Balaban J connectivity index is 2.09. The molecule has 3 aromatic carbocycles. The third-order valence-corrected chi connectivity index (χ3v) is 8.29. The van der Waals surface area contributed by atoms with Crippen LogP contribution >= 0.6 is 34.8 Å². The van der Waals surface area contributed by atoms with Crippen LogP contribution in [0.4, 0.5) is 18.9 Å². The molecule has 0 aliphatic rings. The van der Waals surface area contributed by atoms with E-state index >= 15 is 0 Å². The smallest absolute Gasteiger partial charge is 0.357 e. The maximum Gasteiger partial charge on any atom is 0.417 e. The number of carbonyl (C=O) groups is 2. The number of hydrogen-bond donors (Lipinski definition) is 1. The van der Waals surface area contributed by atoms with Crippen LogP contribution in [0.25, 0.3) is 0 Å². The van der Waals surface area contributed by atoms with Crippen molar-refractivity contribution in [3.8, 4) is 0 Å². The molecule has 0 aromatic heterocycles. The Morgan fingerprint density at radius 2 is 1.54 bits per heavy atom. The van der Waals surface area contributed by atoms with Crippen LogP contribution in [0.1, 0.15) is 16.7 Å². The van der Waals surface area contributed by atoms with Gasteiger partial charge < -0.3 is 10.2 Å². The average molecular weight is 651 g/mol. The van der Waals surface area contributed by atoms with Crippen molar-refractivity contribution in [2.45, 2.75) is 25.2 Å². The molecule has 0 radical (unpaired) electrons. The van der Waals surface area contributed by atoms with Gasteiger partial charge in [0, 0.05) is 20.0 Å². The second kappa shape index (κ2) is 13.3. The monoisotopic (exact) mass is 649 g/mol. The van der Waals surface area contributed by atoms with Crippen molar-refractivity contribution < 1.29 is 31.2 Å². The van der Waals surface area contributed by atoms with Crippen molar-refractivity contribution in [3.05, 3.63) is 98.5 Å². The maximum absolute atomic E-state index is 13.9. The molecule has 14 heteroatoms. The predicted molar refractivity (Wildman–Crippen MR) is 154 cm³/mol. The summed E-state index contributed by atoms with van der Waals surface area (Å²) < 4.78 is 66.6. The fourth-order valence-electron chi connectivity index (χ4n) is 4.05. The molecule has 0 aliphatic heterocycles. The van der Waals surface area contributed by atoms with Crippen molar-refractivity contribution >= 4 is 62.3 Å². The third-order valence-electron chi connectivity index (χ3n) is 6.08. The second-order valence-electron chi connectivity index (χ2n) is 9.02. The summed E-state index contributed by atoms with van der Waals surface area (Å²) in [5.41, 5.74) is -0.503. The van der Waals surface area contributed by atoms with Crippen LogP contribution < -0.4 is 9.62 Å². The SMILES string of the molecule is CNC(=O)[C@H](Cc1ccccc1)N(Cc1ccc(Cl)c(Cl)c1)C(=O)CN(c1ccc(Cl)c(C(F)(F)F)c1)S(C)(=O)=O. The molecule has 2 amide bonds. The first-order valence-corrected chi connectivity index (χ1v) is 14.9. The van der Waals surface area contributed by atoms with Gasteiger partial charge in [-0.15, -0.1) is 0 Å². The van der Waals surface area contributed by atoms with Crippen LogP contribution in [0.5, 0.6) is 0 Å². The van der Waals surface area contributed by atoms with Crippen LogP contribution in [0.2, 0.25) is 15.1 Å². The van der Waals surface area contributed by atoms with Crippen LogP contribution in [-0.4, -0.2) is 51.0 Å². The summed E-state index contributed by atoms with van der Waals surface area (Å²) >= 11 is 17.9. The van der Waals surface area contributed by atoms with Gasteiger partial charge >= 0.3 is 6.18 Å². The van der Waals surface area contributed by atoms with Gasteiger partial charge in [0.25, 0.3) is 0 Å². The van der Waals surface area contributed by atoms with Crippen molar-refractivity contribution in [1.82, 2.24) is 10.2 Å². The number of nitrogens with one attached hydrogen (secondary N) is 1. The van der Waals surface area contributed by atoms with Crippen molar-refractivity contribution in [2.75, 3.05) is 24.2 Å². The molecule has 0 fully saturated rings. The van der Waals surface area contributed by atoms with E-state index in [0.717, 1.165) is 23.3 Å². The van der Waals surface area contributed by atoms with E-state index in [1.54, 1.807) is 36.4 Å². The molecule has 0 heterocycles. The largest absolute Gasteiger partial charge is 0.417 e. The van der Waals surface area contributed by atoms with Gasteiger partial charge in [0.05, 0.1) is 32.6 Å². The highest BCUT2D eigenvalue weighted by atomic mass is 35.5. The number of nitrogens with zero attached hydrogens (tertiary/aromatic N) is 2. The highest BCUT2D eigenvalue weighted by Gasteiger charge is 2.36. The molecule has 0 spiro atoms. The van der Waals surface area contributed by atoms with Gasteiger partial charge in [0.1, 0.15) is 12.6 Å². The van der Waals surface area contributed by atoms with Crippen LogP contribution in [0, 0.1) is 0 Å². The first-order chi connectivity index (χ1) is 19.1. The molecule has 1 N–H and O–H groups in total. The lowest BCUT2D eigenvalue weighted by Gasteiger charge is -2.33. The number of benzene rings is 3. The molecule has 0 aliphatic carbocycles. The number of sulfonamides is 1. The number of amides is 2. The number of rotatable bonds is 10. The molecular weight excluding hydrogens is 626 g/mol. The summed E-state index contributed by atoms with van der Waals surface area (Å²) in [7, 11) is -2.89. The number of alkyl halides is 3. The van der Waals surface area contributed by atoms with E-state index in [1.807, 2.05) is 0 Å². The molecule has 7 nitrogen and oxygen atoms in total. The summed E-state index contributed by atoms with van der Waals surface area (Å²) in [5.74, 6) is -1.39. The predicted octanol–water partition coefficient (Wildman–Crippen LogP) is 5.82. The molecule has 1 atom stereocenters. The fraction of sp³-hybridized carbons (Fsp3) is 0.259. The minimum atomic E-state index is -4.87. The maximum atomic E-state index is 13.9. The number of carbonyl (C=O) groups excluding carboxylic acids is 2. The topological polar surface area (TPSA) is 86.8 Å². The summed E-state index contributed by atoms with van der Waals surface area (Å²) in [5, 5.41) is 2.33. The van der Waals surface area contributed by atoms with E-state index in [2.05, 4.69) is 5.32 Å². The van der Waals surface area contributed by atoms with E-state index in [1.165, 1.54) is 19.2 Å². The minimum Gasteiger partial charge on any atom is -0.357 e. The van der Waals surface area contributed by atoms with Gasteiger partial charge in [-0.1, -0.05) is 71.2 Å². The fourth-order valence-corrected chi connectivity index (χ4v) is 5.44. The standard InChI is InChI=1S/C27H25Cl3F3N3O4S/c1-34-26(38)24(13-17-6-4-3-5-7-17)35(15-18-8-10-22(29)23(30)12-18)25(37)16-36(41(2,39)40)19-9-11-21(28)20(14-19)27(31,32)33/h3-12,14,24H,13,15-16H2,1-2H3,(H,34,38)/t24-/m0/s1. The summed E-state index contributed by atoms with van der Waals surface area (Å²) in [6.45, 7) is -1.09. The Labute approximate surface area is 250 Å². The zero-order valence-corrected chi connectivity index (χ0v) is 24.8. The number of anilines is 1. The summed E-state index contributed by atoms with van der Waals surface area (Å²) in [4.78, 5) is 28.1. The van der Waals surface area contributed by atoms with Gasteiger partial charge in [-0.25, -0.2) is 8.42 Å². The quantitative estimate of drug-likeness (QED) is 0.300. The van der Waals surface area contributed by atoms with Crippen LogP contribution in [0.3, 0.4) is 0 Å². The lowest BCUT2D eigenvalue weighted by molar-refractivity contribution is -0.139. The van der Waals surface area contributed by atoms with Crippen molar-refractivity contribution in [3.63, 3.8) is 0 Å². The van der Waals surface area contributed by atoms with E-state index in [4.69, 9.17) is 34.8 Å². The second-order valence-corrected chi connectivity index (χ2v) is 12.1. The molecule has 3 rings (SSSR count). The van der Waals surface area contributed by atoms with E-state index in [0.29, 0.717) is 21.5 Å². The summed E-state index contributed by atoms with van der Waals surface area (Å²) in [6.07, 6.45) is -4.06. The van der Waals surface area contributed by atoms with E-state index in [-0.39, 0.29) is 23.0 Å². The summed E-state index contributed by atoms with van der Waals surface area (Å²) in [6, 6.07) is 14.8. The lowest BCUT2D eigenvalue weighted by Crippen LogP contribution is -2.52.